The van der Waals surface area contributed by atoms with Crippen LogP contribution in [-0.2, 0) is 6.42 Å². The van der Waals surface area contributed by atoms with E-state index in [0.717, 1.165) is 18.4 Å². The molecule has 0 aromatic heterocycles. The van der Waals surface area contributed by atoms with Crippen molar-refractivity contribution < 1.29 is 13.9 Å². The van der Waals surface area contributed by atoms with Crippen molar-refractivity contribution in [2.45, 2.75) is 32.7 Å². The smallest absolute Gasteiger partial charge is 0.146 e. The second kappa shape index (κ2) is 6.57. The average Bonchev–Trinajstić information content (AvgIpc) is 2.44. The van der Waals surface area contributed by atoms with Gasteiger partial charge in [0.25, 0.3) is 0 Å². The second-order valence-corrected chi connectivity index (χ2v) is 5.33. The average molecular weight is 291 g/mol. The number of halogens is 2. The number of benzene rings is 2. The van der Waals surface area contributed by atoms with Crippen molar-refractivity contribution in [3.05, 3.63) is 59.2 Å². The van der Waals surface area contributed by atoms with Crippen LogP contribution in [0.1, 0.15) is 24.5 Å². The summed E-state index contributed by atoms with van der Waals surface area (Å²) in [5.74, 6) is -0.614. The van der Waals surface area contributed by atoms with Crippen molar-refractivity contribution in [1.29, 1.82) is 0 Å². The predicted octanol–water partition coefficient (Wildman–Crippen LogP) is 4.41. The fourth-order valence-corrected chi connectivity index (χ4v) is 2.14. The van der Waals surface area contributed by atoms with Crippen LogP contribution in [0.2, 0.25) is 0 Å². The lowest BCUT2D eigenvalue weighted by molar-refractivity contribution is 0.475. The van der Waals surface area contributed by atoms with Crippen molar-refractivity contribution in [3.63, 3.8) is 0 Å². The molecule has 0 fully saturated rings. The van der Waals surface area contributed by atoms with Crippen molar-refractivity contribution in [1.82, 2.24) is 0 Å². The Morgan fingerprint density at radius 2 is 1.76 bits per heavy atom. The maximum atomic E-state index is 13.7. The quantitative estimate of drug-likeness (QED) is 0.855. The van der Waals surface area contributed by atoms with E-state index in [1.54, 1.807) is 12.1 Å². The van der Waals surface area contributed by atoms with E-state index in [9.17, 15) is 13.9 Å². The fraction of sp³-hybridized carbons (Fsp3) is 0.294. The number of hydrogen-bond donors (Lipinski definition) is 2. The summed E-state index contributed by atoms with van der Waals surface area (Å²) in [6, 6.07) is 9.40. The molecular weight excluding hydrogens is 272 g/mol. The number of rotatable bonds is 5. The molecule has 0 aliphatic rings. The van der Waals surface area contributed by atoms with Crippen LogP contribution in [-0.4, -0.2) is 11.1 Å². The van der Waals surface area contributed by atoms with Crippen LogP contribution < -0.4 is 5.32 Å². The summed E-state index contributed by atoms with van der Waals surface area (Å²) >= 11 is 0. The Bertz CT molecular complexity index is 611. The Labute approximate surface area is 123 Å². The van der Waals surface area contributed by atoms with E-state index in [2.05, 4.69) is 5.32 Å². The third-order valence-corrected chi connectivity index (χ3v) is 3.45. The summed E-state index contributed by atoms with van der Waals surface area (Å²) in [6.45, 7) is 3.47. The van der Waals surface area contributed by atoms with Gasteiger partial charge in [0, 0.05) is 12.1 Å². The Morgan fingerprint density at radius 3 is 2.43 bits per heavy atom. The minimum Gasteiger partial charge on any atom is -0.508 e. The molecule has 4 heteroatoms. The second-order valence-electron chi connectivity index (χ2n) is 5.33. The predicted molar refractivity (Wildman–Crippen MR) is 80.6 cm³/mol. The molecular formula is C17H19F2NO. The Kier molecular flexibility index (Phi) is 4.78. The number of phenols is 1. The first-order chi connectivity index (χ1) is 9.95. The monoisotopic (exact) mass is 291 g/mol. The van der Waals surface area contributed by atoms with Gasteiger partial charge in [0.15, 0.2) is 0 Å². The molecule has 0 aliphatic heterocycles. The minimum absolute atomic E-state index is 0.00964. The molecule has 0 radical (unpaired) electrons. The molecule has 1 unspecified atom stereocenters. The van der Waals surface area contributed by atoms with E-state index in [0.29, 0.717) is 5.56 Å². The van der Waals surface area contributed by atoms with E-state index in [4.69, 9.17) is 0 Å². The summed E-state index contributed by atoms with van der Waals surface area (Å²) < 4.78 is 27.2. The number of aromatic hydroxyl groups is 1. The van der Waals surface area contributed by atoms with Crippen molar-refractivity contribution >= 4 is 5.69 Å². The molecule has 0 spiro atoms. The first-order valence-electron chi connectivity index (χ1n) is 6.96. The number of hydrogen-bond acceptors (Lipinski definition) is 2. The lowest BCUT2D eigenvalue weighted by Crippen LogP contribution is -2.17. The highest BCUT2D eigenvalue weighted by Crippen LogP contribution is 2.20. The van der Waals surface area contributed by atoms with Gasteiger partial charge in [-0.25, -0.2) is 8.78 Å². The summed E-state index contributed by atoms with van der Waals surface area (Å²) in [6.07, 6.45) is 1.57. The fourth-order valence-electron chi connectivity index (χ4n) is 2.14. The van der Waals surface area contributed by atoms with Gasteiger partial charge in [0.2, 0.25) is 0 Å². The third-order valence-electron chi connectivity index (χ3n) is 3.45. The van der Waals surface area contributed by atoms with Gasteiger partial charge in [0.1, 0.15) is 17.4 Å². The summed E-state index contributed by atoms with van der Waals surface area (Å²) in [7, 11) is 0. The number of aryl methyl sites for hydroxylation is 2. The van der Waals surface area contributed by atoms with Gasteiger partial charge in [-0.1, -0.05) is 12.1 Å². The molecule has 112 valence electrons. The molecule has 2 rings (SSSR count). The van der Waals surface area contributed by atoms with Crippen LogP contribution in [0.15, 0.2) is 36.4 Å². The largest absolute Gasteiger partial charge is 0.508 e. The number of phenolic OH excluding ortho intramolecular Hbond substituents is 1. The Hall–Kier alpha value is -2.10. The molecule has 0 amide bonds. The Morgan fingerprint density at radius 1 is 1.10 bits per heavy atom. The lowest BCUT2D eigenvalue weighted by Gasteiger charge is -2.16. The van der Waals surface area contributed by atoms with Gasteiger partial charge in [-0.15, -0.1) is 0 Å². The molecule has 2 aromatic carbocycles. The zero-order valence-electron chi connectivity index (χ0n) is 12.2. The lowest BCUT2D eigenvalue weighted by atomic mass is 10.1. The van der Waals surface area contributed by atoms with Gasteiger partial charge in [0.05, 0.1) is 5.69 Å². The van der Waals surface area contributed by atoms with Crippen molar-refractivity contribution in [3.8, 4) is 5.75 Å². The topological polar surface area (TPSA) is 32.3 Å². The zero-order chi connectivity index (χ0) is 15.4. The molecule has 0 saturated heterocycles. The minimum atomic E-state index is -0.439. The first-order valence-corrected chi connectivity index (χ1v) is 6.96. The summed E-state index contributed by atoms with van der Waals surface area (Å²) in [5, 5.41) is 12.2. The molecule has 2 nitrogen and oxygen atoms in total. The van der Waals surface area contributed by atoms with Gasteiger partial charge in [-0.2, -0.15) is 0 Å². The van der Waals surface area contributed by atoms with Gasteiger partial charge < -0.3 is 10.4 Å². The molecule has 0 saturated carbocycles. The molecule has 0 heterocycles. The van der Waals surface area contributed by atoms with Crippen LogP contribution >= 0.6 is 0 Å². The number of anilines is 1. The maximum absolute atomic E-state index is 13.7. The first kappa shape index (κ1) is 15.3. The van der Waals surface area contributed by atoms with Gasteiger partial charge in [-0.3, -0.25) is 0 Å². The molecule has 1 atom stereocenters. The number of nitrogens with one attached hydrogen (secondary N) is 1. The normalized spacial score (nSPS) is 12.2. The van der Waals surface area contributed by atoms with Crippen LogP contribution in [0, 0.1) is 18.6 Å². The maximum Gasteiger partial charge on any atom is 0.146 e. The van der Waals surface area contributed by atoms with Crippen LogP contribution in [0.4, 0.5) is 14.5 Å². The van der Waals surface area contributed by atoms with Gasteiger partial charge >= 0.3 is 0 Å². The van der Waals surface area contributed by atoms with Crippen LogP contribution in [0.5, 0.6) is 5.75 Å². The van der Waals surface area contributed by atoms with Crippen LogP contribution in [0.25, 0.3) is 0 Å². The molecule has 2 N–H and O–H groups in total. The third kappa shape index (κ3) is 4.18. The van der Waals surface area contributed by atoms with Gasteiger partial charge in [-0.05, 0) is 56.0 Å². The van der Waals surface area contributed by atoms with E-state index < -0.39 is 11.6 Å². The molecule has 21 heavy (non-hydrogen) atoms. The summed E-state index contributed by atoms with van der Waals surface area (Å²) in [5.41, 5.74) is 1.59. The summed E-state index contributed by atoms with van der Waals surface area (Å²) in [4.78, 5) is 0. The zero-order valence-corrected chi connectivity index (χ0v) is 12.2. The highest BCUT2D eigenvalue weighted by molar-refractivity contribution is 5.47. The Balaban J connectivity index is 1.94. The highest BCUT2D eigenvalue weighted by atomic mass is 19.1. The van der Waals surface area contributed by atoms with E-state index in [1.165, 1.54) is 19.1 Å². The van der Waals surface area contributed by atoms with Crippen molar-refractivity contribution in [2.24, 2.45) is 0 Å². The SMILES string of the molecule is Cc1cc(F)c(NC(C)CCc2ccc(O)cc2)cc1F. The highest BCUT2D eigenvalue weighted by Gasteiger charge is 2.10. The molecule has 0 bridgehead atoms. The molecule has 0 aliphatic carbocycles. The van der Waals surface area contributed by atoms with Crippen LogP contribution in [0.3, 0.4) is 0 Å². The molecule has 2 aromatic rings. The van der Waals surface area contributed by atoms with Crippen molar-refractivity contribution in [2.75, 3.05) is 5.32 Å². The van der Waals surface area contributed by atoms with E-state index in [-0.39, 0.29) is 17.5 Å². The van der Waals surface area contributed by atoms with E-state index >= 15 is 0 Å². The standard InChI is InChI=1S/C17H19F2NO/c1-11-9-16(19)17(10-15(11)18)20-12(2)3-4-13-5-7-14(21)8-6-13/h5-10,12,20-21H,3-4H2,1-2H3. The van der Waals surface area contributed by atoms with E-state index in [1.807, 2.05) is 19.1 Å².